The van der Waals surface area contributed by atoms with Crippen molar-refractivity contribution in [3.8, 4) is 5.75 Å². The third-order valence-corrected chi connectivity index (χ3v) is 6.97. The molecule has 2 heterocycles. The van der Waals surface area contributed by atoms with Crippen LogP contribution in [-0.4, -0.2) is 36.1 Å². The maximum atomic E-state index is 13.9. The lowest BCUT2D eigenvalue weighted by Crippen LogP contribution is -2.51. The molecule has 2 fully saturated rings. The number of para-hydroxylation sites is 2. The first-order valence-electron chi connectivity index (χ1n) is 10.9. The Kier molecular flexibility index (Phi) is 4.34. The summed E-state index contributed by atoms with van der Waals surface area (Å²) in [7, 11) is 1.45. The van der Waals surface area contributed by atoms with Crippen molar-refractivity contribution in [2.24, 2.45) is 11.8 Å². The molecule has 3 aromatic rings. The number of hydrogen-bond acceptors (Lipinski definition) is 6. The highest BCUT2D eigenvalue weighted by molar-refractivity contribution is 6.37. The third kappa shape index (κ3) is 2.44. The number of ether oxygens (including phenoxy) is 2. The number of hydrogen-bond donors (Lipinski definition) is 0. The summed E-state index contributed by atoms with van der Waals surface area (Å²) >= 11 is 0. The number of fused-ring (bicyclic) bond motifs is 3. The van der Waals surface area contributed by atoms with E-state index in [0.717, 1.165) is 4.90 Å². The number of carbonyl (C=O) groups excluding carboxylic acids is 4. The molecule has 1 aliphatic carbocycles. The molecule has 0 aromatic heterocycles. The van der Waals surface area contributed by atoms with Crippen molar-refractivity contribution in [2.75, 3.05) is 12.0 Å². The normalized spacial score (nSPS) is 24.6. The zero-order valence-electron chi connectivity index (χ0n) is 18.1. The Balaban J connectivity index is 1.56. The Labute approximate surface area is 194 Å². The summed E-state index contributed by atoms with van der Waals surface area (Å²) in [6.45, 7) is 0. The molecule has 2 aliphatic heterocycles. The van der Waals surface area contributed by atoms with Crippen molar-refractivity contribution >= 4 is 29.1 Å². The van der Waals surface area contributed by atoms with Crippen LogP contribution in [0.1, 0.15) is 32.4 Å². The average molecular weight is 453 g/mol. The number of carbonyl (C=O) groups is 4. The molecule has 3 atom stereocenters. The maximum absolute atomic E-state index is 13.9. The second-order valence-electron chi connectivity index (χ2n) is 8.58. The van der Waals surface area contributed by atoms with Crippen LogP contribution in [0.2, 0.25) is 0 Å². The Morgan fingerprint density at radius 1 is 0.765 bits per heavy atom. The van der Waals surface area contributed by atoms with Crippen molar-refractivity contribution in [1.82, 2.24) is 0 Å². The summed E-state index contributed by atoms with van der Waals surface area (Å²) in [4.78, 5) is 56.2. The molecule has 168 valence electrons. The van der Waals surface area contributed by atoms with Crippen molar-refractivity contribution < 1.29 is 28.7 Å². The molecule has 34 heavy (non-hydrogen) atoms. The average Bonchev–Trinajstić information content (AvgIpc) is 3.44. The fraction of sp³-hybridized carbons (Fsp3) is 0.185. The van der Waals surface area contributed by atoms with Gasteiger partial charge in [0.25, 0.3) is 0 Å². The zero-order chi connectivity index (χ0) is 23.6. The number of nitrogens with zero attached hydrogens (tertiary/aromatic N) is 1. The van der Waals surface area contributed by atoms with Gasteiger partial charge in [-0.25, -0.2) is 4.90 Å². The van der Waals surface area contributed by atoms with Crippen LogP contribution in [0.25, 0.3) is 0 Å². The van der Waals surface area contributed by atoms with Gasteiger partial charge in [0.05, 0.1) is 30.7 Å². The fourth-order valence-corrected chi connectivity index (χ4v) is 5.51. The number of methoxy groups -OCH3 is 1. The third-order valence-electron chi connectivity index (χ3n) is 6.97. The lowest BCUT2D eigenvalue weighted by molar-refractivity contribution is -0.127. The first kappa shape index (κ1) is 20.5. The summed E-state index contributed by atoms with van der Waals surface area (Å²) in [6.07, 6.45) is -0.940. The van der Waals surface area contributed by atoms with Crippen LogP contribution in [0.15, 0.2) is 78.9 Å². The fourth-order valence-electron chi connectivity index (χ4n) is 5.51. The van der Waals surface area contributed by atoms with E-state index >= 15 is 0 Å². The van der Waals surface area contributed by atoms with E-state index in [2.05, 4.69) is 0 Å². The van der Waals surface area contributed by atoms with E-state index < -0.39 is 46.9 Å². The van der Waals surface area contributed by atoms with Crippen LogP contribution in [0, 0.1) is 11.8 Å². The van der Waals surface area contributed by atoms with Crippen LogP contribution in [0.3, 0.4) is 0 Å². The van der Waals surface area contributed by atoms with Gasteiger partial charge in [0, 0.05) is 11.1 Å². The maximum Gasteiger partial charge on any atom is 0.241 e. The minimum atomic E-state index is -2.08. The molecular formula is C27H19NO6. The van der Waals surface area contributed by atoms with E-state index in [1.165, 1.54) is 7.11 Å². The number of anilines is 1. The molecule has 0 unspecified atom stereocenters. The van der Waals surface area contributed by atoms with Gasteiger partial charge in [-0.05, 0) is 17.7 Å². The summed E-state index contributed by atoms with van der Waals surface area (Å²) in [5.41, 5.74) is -0.786. The van der Waals surface area contributed by atoms with E-state index in [-0.39, 0.29) is 16.8 Å². The Hall–Kier alpha value is -4.10. The topological polar surface area (TPSA) is 90.0 Å². The van der Waals surface area contributed by atoms with E-state index in [1.807, 2.05) is 6.07 Å². The molecule has 1 spiro atoms. The SMILES string of the molecule is COc1ccccc1N1C(=O)[C@@H]2[C@@H](c3ccccc3)OC3(C(=O)c4ccccc4C3=O)[C@@H]2C1=O. The highest BCUT2D eigenvalue weighted by Gasteiger charge is 2.74. The van der Waals surface area contributed by atoms with E-state index in [4.69, 9.17) is 9.47 Å². The molecule has 0 radical (unpaired) electrons. The Morgan fingerprint density at radius 3 is 2.00 bits per heavy atom. The Morgan fingerprint density at radius 2 is 1.35 bits per heavy atom. The van der Waals surface area contributed by atoms with Crippen LogP contribution in [0.5, 0.6) is 5.75 Å². The van der Waals surface area contributed by atoms with E-state index in [9.17, 15) is 19.2 Å². The number of amides is 2. The number of imide groups is 1. The zero-order valence-corrected chi connectivity index (χ0v) is 18.1. The highest BCUT2D eigenvalue weighted by Crippen LogP contribution is 2.58. The van der Waals surface area contributed by atoms with Gasteiger partial charge in [-0.2, -0.15) is 0 Å². The van der Waals surface area contributed by atoms with Crippen molar-refractivity contribution in [3.05, 3.63) is 95.6 Å². The van der Waals surface area contributed by atoms with E-state index in [1.54, 1.807) is 72.8 Å². The molecule has 0 bridgehead atoms. The second-order valence-corrected chi connectivity index (χ2v) is 8.58. The van der Waals surface area contributed by atoms with Gasteiger partial charge in [-0.15, -0.1) is 0 Å². The summed E-state index contributed by atoms with van der Waals surface area (Å²) < 4.78 is 11.6. The van der Waals surface area contributed by atoms with Crippen molar-refractivity contribution in [3.63, 3.8) is 0 Å². The van der Waals surface area contributed by atoms with Gasteiger partial charge in [0.2, 0.25) is 29.0 Å². The monoisotopic (exact) mass is 453 g/mol. The molecule has 2 saturated heterocycles. The number of benzene rings is 3. The van der Waals surface area contributed by atoms with Gasteiger partial charge in [0.15, 0.2) is 0 Å². The van der Waals surface area contributed by atoms with Crippen molar-refractivity contribution in [2.45, 2.75) is 11.7 Å². The predicted molar refractivity (Wildman–Crippen MR) is 121 cm³/mol. The first-order chi connectivity index (χ1) is 16.5. The molecule has 3 aromatic carbocycles. The number of rotatable bonds is 3. The molecular weight excluding hydrogens is 434 g/mol. The number of Topliss-reactive ketones (excluding diaryl/α,β-unsaturated/α-hetero) is 2. The molecule has 3 aliphatic rings. The first-order valence-corrected chi connectivity index (χ1v) is 10.9. The summed E-state index contributed by atoms with van der Waals surface area (Å²) in [5, 5.41) is 0. The summed E-state index contributed by atoms with van der Waals surface area (Å²) in [6, 6.07) is 22.0. The number of ketones is 2. The van der Waals surface area contributed by atoms with Gasteiger partial charge in [-0.3, -0.25) is 19.2 Å². The van der Waals surface area contributed by atoms with Gasteiger partial charge in [-0.1, -0.05) is 66.7 Å². The minimum Gasteiger partial charge on any atom is -0.495 e. The van der Waals surface area contributed by atoms with Gasteiger partial charge < -0.3 is 9.47 Å². The van der Waals surface area contributed by atoms with Gasteiger partial charge in [0.1, 0.15) is 5.75 Å². The Bertz CT molecular complexity index is 1350. The summed E-state index contributed by atoms with van der Waals surface area (Å²) in [5.74, 6) is -4.32. The lowest BCUT2D eigenvalue weighted by atomic mass is 9.77. The standard InChI is InChI=1S/C27H19NO6/c1-33-19-14-8-7-13-18(19)28-25(31)20-21(26(28)32)27(34-22(20)15-9-3-2-4-10-15)23(29)16-11-5-6-12-17(16)24(27)30/h2-14,20-22H,1H3/t20-,21-,22+/m0/s1. The molecule has 7 nitrogen and oxygen atoms in total. The molecule has 2 amide bonds. The van der Waals surface area contributed by atoms with E-state index in [0.29, 0.717) is 11.3 Å². The lowest BCUT2D eigenvalue weighted by Gasteiger charge is -2.27. The van der Waals surface area contributed by atoms with Crippen LogP contribution >= 0.6 is 0 Å². The molecule has 6 rings (SSSR count). The largest absolute Gasteiger partial charge is 0.495 e. The van der Waals surface area contributed by atoms with Gasteiger partial charge >= 0.3 is 0 Å². The minimum absolute atomic E-state index is 0.205. The van der Waals surface area contributed by atoms with Crippen molar-refractivity contribution in [1.29, 1.82) is 0 Å². The predicted octanol–water partition coefficient (Wildman–Crippen LogP) is 3.39. The quantitative estimate of drug-likeness (QED) is 0.446. The van der Waals surface area contributed by atoms with Crippen LogP contribution in [-0.2, 0) is 14.3 Å². The molecule has 7 heteroatoms. The highest BCUT2D eigenvalue weighted by atomic mass is 16.5. The molecule has 0 N–H and O–H groups in total. The molecule has 0 saturated carbocycles. The smallest absolute Gasteiger partial charge is 0.241 e. The van der Waals surface area contributed by atoms with Crippen LogP contribution in [0.4, 0.5) is 5.69 Å². The second kappa shape index (κ2) is 7.20. The van der Waals surface area contributed by atoms with Crippen LogP contribution < -0.4 is 9.64 Å².